The summed E-state index contributed by atoms with van der Waals surface area (Å²) in [5, 5.41) is 0. The molecule has 2 amide bonds. The third-order valence-corrected chi connectivity index (χ3v) is 3.65. The number of carbonyl (C=O) groups excluding carboxylic acids is 2. The van der Waals surface area contributed by atoms with Crippen LogP contribution in [0.25, 0.3) is 11.3 Å². The molecule has 112 valence electrons. The zero-order valence-electron chi connectivity index (χ0n) is 12.3. The molecule has 5 nitrogen and oxygen atoms in total. The number of nitrogens with zero attached hydrogens (tertiary/aromatic N) is 1. The molecule has 1 aromatic carbocycles. The van der Waals surface area contributed by atoms with Gasteiger partial charge in [0.2, 0.25) is 5.91 Å². The molecule has 1 aromatic heterocycles. The van der Waals surface area contributed by atoms with E-state index in [4.69, 9.17) is 0 Å². The summed E-state index contributed by atoms with van der Waals surface area (Å²) < 4.78 is 0. The van der Waals surface area contributed by atoms with E-state index in [0.29, 0.717) is 11.3 Å². The van der Waals surface area contributed by atoms with Crippen molar-refractivity contribution in [1.29, 1.82) is 0 Å². The molecule has 1 aliphatic carbocycles. The van der Waals surface area contributed by atoms with E-state index in [-0.39, 0.29) is 17.7 Å². The predicted molar refractivity (Wildman–Crippen MR) is 82.7 cm³/mol. The molecule has 0 spiro atoms. The highest BCUT2D eigenvalue weighted by molar-refractivity contribution is 5.96. The SMILES string of the molecule is Cc1nc(-c2ccccc2)ccc1C(=O)NNC(=O)C1CC1. The Bertz CT molecular complexity index is 709. The van der Waals surface area contributed by atoms with Gasteiger partial charge in [0.15, 0.2) is 0 Å². The van der Waals surface area contributed by atoms with Crippen molar-refractivity contribution in [2.24, 2.45) is 5.92 Å². The van der Waals surface area contributed by atoms with E-state index in [1.54, 1.807) is 19.1 Å². The molecular formula is C17H17N3O2. The van der Waals surface area contributed by atoms with Gasteiger partial charge in [-0.15, -0.1) is 0 Å². The molecule has 3 rings (SSSR count). The van der Waals surface area contributed by atoms with E-state index >= 15 is 0 Å². The van der Waals surface area contributed by atoms with Gasteiger partial charge in [0.25, 0.3) is 5.91 Å². The smallest absolute Gasteiger partial charge is 0.271 e. The lowest BCUT2D eigenvalue weighted by Gasteiger charge is -2.09. The number of pyridine rings is 1. The highest BCUT2D eigenvalue weighted by atomic mass is 16.2. The van der Waals surface area contributed by atoms with Crippen LogP contribution in [0.2, 0.25) is 0 Å². The average Bonchev–Trinajstić information content (AvgIpc) is 3.38. The van der Waals surface area contributed by atoms with E-state index < -0.39 is 0 Å². The van der Waals surface area contributed by atoms with Gasteiger partial charge in [-0.25, -0.2) is 0 Å². The zero-order valence-corrected chi connectivity index (χ0v) is 12.3. The average molecular weight is 295 g/mol. The molecule has 0 aliphatic heterocycles. The van der Waals surface area contributed by atoms with Crippen LogP contribution in [0.3, 0.4) is 0 Å². The summed E-state index contributed by atoms with van der Waals surface area (Å²) in [4.78, 5) is 28.1. The second-order valence-electron chi connectivity index (χ2n) is 5.41. The van der Waals surface area contributed by atoms with Crippen molar-refractivity contribution in [2.45, 2.75) is 19.8 Å². The number of rotatable bonds is 3. The third-order valence-electron chi connectivity index (χ3n) is 3.65. The van der Waals surface area contributed by atoms with Gasteiger partial charge in [0.05, 0.1) is 17.0 Å². The minimum atomic E-state index is -0.349. The summed E-state index contributed by atoms with van der Waals surface area (Å²) in [6, 6.07) is 13.3. The first kappa shape index (κ1) is 14.3. The lowest BCUT2D eigenvalue weighted by molar-refractivity contribution is -0.123. The van der Waals surface area contributed by atoms with Crippen LogP contribution < -0.4 is 10.9 Å². The van der Waals surface area contributed by atoms with Gasteiger partial charge in [-0.05, 0) is 31.9 Å². The van der Waals surface area contributed by atoms with E-state index in [1.165, 1.54) is 0 Å². The fraction of sp³-hybridized carbons (Fsp3) is 0.235. The quantitative estimate of drug-likeness (QED) is 0.853. The fourth-order valence-electron chi connectivity index (χ4n) is 2.20. The van der Waals surface area contributed by atoms with Crippen molar-refractivity contribution in [2.75, 3.05) is 0 Å². The largest absolute Gasteiger partial charge is 0.273 e. The molecule has 0 radical (unpaired) electrons. The zero-order chi connectivity index (χ0) is 15.5. The van der Waals surface area contributed by atoms with Crippen LogP contribution in [0.5, 0.6) is 0 Å². The Hall–Kier alpha value is -2.69. The van der Waals surface area contributed by atoms with Crippen molar-refractivity contribution < 1.29 is 9.59 Å². The number of amides is 2. The number of hydrazine groups is 1. The maximum absolute atomic E-state index is 12.1. The van der Waals surface area contributed by atoms with Crippen LogP contribution in [0.15, 0.2) is 42.5 Å². The monoisotopic (exact) mass is 295 g/mol. The van der Waals surface area contributed by atoms with E-state index in [1.807, 2.05) is 30.3 Å². The molecule has 0 saturated heterocycles. The summed E-state index contributed by atoms with van der Waals surface area (Å²) in [6.45, 7) is 1.78. The first-order valence-corrected chi connectivity index (χ1v) is 7.28. The number of benzene rings is 1. The Kier molecular flexibility index (Phi) is 3.87. The maximum atomic E-state index is 12.1. The molecule has 22 heavy (non-hydrogen) atoms. The fourth-order valence-corrected chi connectivity index (χ4v) is 2.20. The molecule has 0 atom stereocenters. The van der Waals surface area contributed by atoms with E-state index in [0.717, 1.165) is 24.1 Å². The molecule has 0 bridgehead atoms. The molecular weight excluding hydrogens is 278 g/mol. The Balaban J connectivity index is 1.71. The first-order chi connectivity index (χ1) is 10.6. The van der Waals surface area contributed by atoms with E-state index in [9.17, 15) is 9.59 Å². The van der Waals surface area contributed by atoms with Crippen molar-refractivity contribution in [3.63, 3.8) is 0 Å². The summed E-state index contributed by atoms with van der Waals surface area (Å²) >= 11 is 0. The number of carbonyl (C=O) groups is 2. The van der Waals surface area contributed by atoms with Crippen LogP contribution >= 0.6 is 0 Å². The molecule has 1 saturated carbocycles. The minimum absolute atomic E-state index is 0.0555. The highest BCUT2D eigenvalue weighted by Crippen LogP contribution is 2.28. The standard InChI is InChI=1S/C17H17N3O2/c1-11-14(17(22)20-19-16(21)13-7-8-13)9-10-15(18-11)12-5-3-2-4-6-12/h2-6,9-10,13H,7-8H2,1H3,(H,19,21)(H,20,22). The van der Waals surface area contributed by atoms with Crippen LogP contribution in [-0.2, 0) is 4.79 Å². The number of aromatic nitrogens is 1. The van der Waals surface area contributed by atoms with Crippen LogP contribution in [0, 0.1) is 12.8 Å². The minimum Gasteiger partial charge on any atom is -0.273 e. The van der Waals surface area contributed by atoms with Gasteiger partial charge in [-0.3, -0.25) is 25.4 Å². The second kappa shape index (κ2) is 5.97. The number of nitrogens with one attached hydrogen (secondary N) is 2. The van der Waals surface area contributed by atoms with Crippen molar-refractivity contribution in [3.8, 4) is 11.3 Å². The van der Waals surface area contributed by atoms with Crippen LogP contribution in [-0.4, -0.2) is 16.8 Å². The van der Waals surface area contributed by atoms with Gasteiger partial charge >= 0.3 is 0 Å². The first-order valence-electron chi connectivity index (χ1n) is 7.28. The number of hydrogen-bond acceptors (Lipinski definition) is 3. The normalized spacial score (nSPS) is 13.5. The second-order valence-corrected chi connectivity index (χ2v) is 5.41. The highest BCUT2D eigenvalue weighted by Gasteiger charge is 2.29. The summed E-state index contributed by atoms with van der Waals surface area (Å²) in [6.07, 6.45) is 1.79. The topological polar surface area (TPSA) is 71.1 Å². The van der Waals surface area contributed by atoms with Crippen molar-refractivity contribution in [3.05, 3.63) is 53.7 Å². The van der Waals surface area contributed by atoms with Crippen LogP contribution in [0.1, 0.15) is 28.9 Å². The summed E-state index contributed by atoms with van der Waals surface area (Å²) in [5.41, 5.74) is 7.79. The molecule has 2 aromatic rings. The van der Waals surface area contributed by atoms with Gasteiger partial charge in [0, 0.05) is 11.5 Å². The Morgan fingerprint density at radius 1 is 1.05 bits per heavy atom. The summed E-state index contributed by atoms with van der Waals surface area (Å²) in [7, 11) is 0. The molecule has 5 heteroatoms. The van der Waals surface area contributed by atoms with Gasteiger partial charge in [-0.1, -0.05) is 30.3 Å². The predicted octanol–water partition coefficient (Wildman–Crippen LogP) is 2.23. The number of aryl methyl sites for hydroxylation is 1. The Morgan fingerprint density at radius 2 is 1.77 bits per heavy atom. The molecule has 1 fully saturated rings. The van der Waals surface area contributed by atoms with E-state index in [2.05, 4.69) is 15.8 Å². The van der Waals surface area contributed by atoms with Crippen molar-refractivity contribution >= 4 is 11.8 Å². The molecule has 2 N–H and O–H groups in total. The maximum Gasteiger partial charge on any atom is 0.271 e. The molecule has 0 unspecified atom stereocenters. The lowest BCUT2D eigenvalue weighted by atomic mass is 10.1. The number of hydrogen-bond donors (Lipinski definition) is 2. The van der Waals surface area contributed by atoms with Crippen molar-refractivity contribution in [1.82, 2.24) is 15.8 Å². The van der Waals surface area contributed by atoms with Gasteiger partial charge < -0.3 is 0 Å². The third kappa shape index (κ3) is 3.14. The Morgan fingerprint density at radius 3 is 2.41 bits per heavy atom. The molecule has 1 heterocycles. The van der Waals surface area contributed by atoms with Gasteiger partial charge in [-0.2, -0.15) is 0 Å². The van der Waals surface area contributed by atoms with Gasteiger partial charge in [0.1, 0.15) is 0 Å². The Labute approximate surface area is 128 Å². The summed E-state index contributed by atoms with van der Waals surface area (Å²) in [5.74, 6) is -0.418. The molecule has 1 aliphatic rings. The lowest BCUT2D eigenvalue weighted by Crippen LogP contribution is -2.42. The van der Waals surface area contributed by atoms with Crippen LogP contribution in [0.4, 0.5) is 0 Å².